The van der Waals surface area contributed by atoms with Crippen LogP contribution in [0.3, 0.4) is 0 Å². The van der Waals surface area contributed by atoms with E-state index in [2.05, 4.69) is 18.9 Å². The van der Waals surface area contributed by atoms with Gasteiger partial charge in [0.15, 0.2) is 0 Å². The smallest absolute Gasteiger partial charge is 0.323 e. The van der Waals surface area contributed by atoms with Crippen LogP contribution in [0.15, 0.2) is 0 Å². The number of carbonyl (C=O) groups excluding carboxylic acids is 1. The SMILES string of the molecule is CCCOC(=O)C(C)N(C)C1CCC(C)CC1. The molecule has 0 aromatic heterocycles. The molecular formula is C14H27NO2. The molecule has 0 N–H and O–H groups in total. The molecule has 100 valence electrons. The lowest BCUT2D eigenvalue weighted by molar-refractivity contribution is -0.150. The second-order valence-electron chi connectivity index (χ2n) is 5.42. The Morgan fingerprint density at radius 3 is 2.47 bits per heavy atom. The first kappa shape index (κ1) is 14.5. The first-order valence-corrected chi connectivity index (χ1v) is 6.94. The van der Waals surface area contributed by atoms with Gasteiger partial charge in [-0.05, 0) is 52.0 Å². The van der Waals surface area contributed by atoms with Crippen molar-refractivity contribution in [2.75, 3.05) is 13.7 Å². The summed E-state index contributed by atoms with van der Waals surface area (Å²) in [5.74, 6) is 0.773. The third-order valence-electron chi connectivity index (χ3n) is 3.96. The summed E-state index contributed by atoms with van der Waals surface area (Å²) in [6.45, 7) is 6.83. The van der Waals surface area contributed by atoms with E-state index in [4.69, 9.17) is 4.74 Å². The van der Waals surface area contributed by atoms with Gasteiger partial charge in [-0.25, -0.2) is 0 Å². The second kappa shape index (κ2) is 7.00. The Morgan fingerprint density at radius 2 is 1.94 bits per heavy atom. The zero-order chi connectivity index (χ0) is 12.8. The Bertz CT molecular complexity index is 234. The van der Waals surface area contributed by atoms with Crippen molar-refractivity contribution in [3.63, 3.8) is 0 Å². The number of esters is 1. The third kappa shape index (κ3) is 4.30. The van der Waals surface area contributed by atoms with Crippen LogP contribution in [0.2, 0.25) is 0 Å². The number of rotatable bonds is 5. The summed E-state index contributed by atoms with van der Waals surface area (Å²) in [5.41, 5.74) is 0. The van der Waals surface area contributed by atoms with Crippen LogP contribution in [0.25, 0.3) is 0 Å². The standard InChI is InChI=1S/C14H27NO2/c1-5-10-17-14(16)12(3)15(4)13-8-6-11(2)7-9-13/h11-13H,5-10H2,1-4H3. The summed E-state index contributed by atoms with van der Waals surface area (Å²) in [4.78, 5) is 14.0. The fourth-order valence-corrected chi connectivity index (χ4v) is 2.46. The van der Waals surface area contributed by atoms with Crippen molar-refractivity contribution in [2.45, 2.75) is 65.0 Å². The minimum Gasteiger partial charge on any atom is -0.465 e. The largest absolute Gasteiger partial charge is 0.465 e. The van der Waals surface area contributed by atoms with Crippen LogP contribution in [0, 0.1) is 5.92 Å². The van der Waals surface area contributed by atoms with Gasteiger partial charge in [-0.1, -0.05) is 13.8 Å². The van der Waals surface area contributed by atoms with E-state index in [1.54, 1.807) is 0 Å². The molecular weight excluding hydrogens is 214 g/mol. The van der Waals surface area contributed by atoms with Crippen LogP contribution >= 0.6 is 0 Å². The molecule has 1 atom stereocenters. The van der Waals surface area contributed by atoms with Crippen molar-refractivity contribution < 1.29 is 9.53 Å². The topological polar surface area (TPSA) is 29.5 Å². The minimum absolute atomic E-state index is 0.0760. The van der Waals surface area contributed by atoms with Crippen molar-refractivity contribution >= 4 is 5.97 Å². The Labute approximate surface area is 106 Å². The maximum absolute atomic E-state index is 11.8. The number of ether oxygens (including phenoxy) is 1. The highest BCUT2D eigenvalue weighted by Gasteiger charge is 2.28. The van der Waals surface area contributed by atoms with E-state index in [0.29, 0.717) is 12.6 Å². The molecule has 1 aliphatic rings. The Hall–Kier alpha value is -0.570. The summed E-state index contributed by atoms with van der Waals surface area (Å²) in [6, 6.07) is 0.440. The first-order valence-electron chi connectivity index (χ1n) is 6.94. The summed E-state index contributed by atoms with van der Waals surface area (Å²) in [5, 5.41) is 0. The van der Waals surface area contributed by atoms with Crippen molar-refractivity contribution in [3.05, 3.63) is 0 Å². The average Bonchev–Trinajstić information content (AvgIpc) is 2.35. The van der Waals surface area contributed by atoms with Gasteiger partial charge in [0.2, 0.25) is 0 Å². The molecule has 1 rings (SSSR count). The maximum atomic E-state index is 11.8. The number of likely N-dealkylation sites (N-methyl/N-ethyl adjacent to an activating group) is 1. The Morgan fingerprint density at radius 1 is 1.35 bits per heavy atom. The fraction of sp³-hybridized carbons (Fsp3) is 0.929. The lowest BCUT2D eigenvalue weighted by Crippen LogP contribution is -2.45. The van der Waals surface area contributed by atoms with Crippen molar-refractivity contribution in [2.24, 2.45) is 5.92 Å². The molecule has 0 amide bonds. The lowest BCUT2D eigenvalue weighted by atomic mass is 9.86. The quantitative estimate of drug-likeness (QED) is 0.693. The minimum atomic E-state index is -0.111. The van der Waals surface area contributed by atoms with Crippen LogP contribution in [0.4, 0.5) is 0 Å². The van der Waals surface area contributed by atoms with Gasteiger partial charge in [-0.15, -0.1) is 0 Å². The highest BCUT2D eigenvalue weighted by atomic mass is 16.5. The third-order valence-corrected chi connectivity index (χ3v) is 3.96. The predicted octanol–water partition coefficient (Wildman–Crippen LogP) is 2.84. The predicted molar refractivity (Wildman–Crippen MR) is 69.9 cm³/mol. The molecule has 0 heterocycles. The number of nitrogens with zero attached hydrogens (tertiary/aromatic N) is 1. The van der Waals surface area contributed by atoms with Crippen molar-refractivity contribution in [1.82, 2.24) is 4.90 Å². The molecule has 0 aliphatic heterocycles. The molecule has 3 heteroatoms. The summed E-state index contributed by atoms with van der Waals surface area (Å²) in [6.07, 6.45) is 5.88. The number of carbonyl (C=O) groups is 1. The average molecular weight is 241 g/mol. The molecule has 1 unspecified atom stereocenters. The van der Waals surface area contributed by atoms with Gasteiger partial charge >= 0.3 is 5.97 Å². The van der Waals surface area contributed by atoms with E-state index < -0.39 is 0 Å². The molecule has 0 spiro atoms. The van der Waals surface area contributed by atoms with Crippen LogP contribution in [0.1, 0.15) is 52.9 Å². The second-order valence-corrected chi connectivity index (χ2v) is 5.42. The molecule has 1 fully saturated rings. The van der Waals surface area contributed by atoms with Gasteiger partial charge in [0.1, 0.15) is 6.04 Å². The summed E-state index contributed by atoms with van der Waals surface area (Å²) >= 11 is 0. The number of hydrogen-bond donors (Lipinski definition) is 0. The van der Waals surface area contributed by atoms with Gasteiger partial charge in [0.25, 0.3) is 0 Å². The fourth-order valence-electron chi connectivity index (χ4n) is 2.46. The van der Waals surface area contributed by atoms with E-state index in [0.717, 1.165) is 12.3 Å². The van der Waals surface area contributed by atoms with Crippen LogP contribution in [-0.4, -0.2) is 36.6 Å². The van der Waals surface area contributed by atoms with E-state index in [1.807, 2.05) is 13.8 Å². The number of hydrogen-bond acceptors (Lipinski definition) is 3. The van der Waals surface area contributed by atoms with Gasteiger partial charge < -0.3 is 4.74 Å². The molecule has 0 bridgehead atoms. The van der Waals surface area contributed by atoms with Gasteiger partial charge in [0, 0.05) is 6.04 Å². The molecule has 3 nitrogen and oxygen atoms in total. The maximum Gasteiger partial charge on any atom is 0.323 e. The molecule has 0 aromatic carbocycles. The van der Waals surface area contributed by atoms with Crippen LogP contribution < -0.4 is 0 Å². The van der Waals surface area contributed by atoms with E-state index in [9.17, 15) is 4.79 Å². The Kier molecular flexibility index (Phi) is 5.96. The normalized spacial score (nSPS) is 26.9. The van der Waals surface area contributed by atoms with Gasteiger partial charge in [-0.2, -0.15) is 0 Å². The summed E-state index contributed by atoms with van der Waals surface area (Å²) < 4.78 is 5.21. The summed E-state index contributed by atoms with van der Waals surface area (Å²) in [7, 11) is 2.05. The molecule has 17 heavy (non-hydrogen) atoms. The van der Waals surface area contributed by atoms with E-state index in [-0.39, 0.29) is 12.0 Å². The molecule has 1 saturated carbocycles. The highest BCUT2D eigenvalue weighted by molar-refractivity contribution is 5.75. The lowest BCUT2D eigenvalue weighted by Gasteiger charge is -2.36. The highest BCUT2D eigenvalue weighted by Crippen LogP contribution is 2.27. The van der Waals surface area contributed by atoms with Gasteiger partial charge in [0.05, 0.1) is 6.61 Å². The Balaban J connectivity index is 2.40. The van der Waals surface area contributed by atoms with E-state index in [1.165, 1.54) is 25.7 Å². The van der Waals surface area contributed by atoms with E-state index >= 15 is 0 Å². The molecule has 0 radical (unpaired) electrons. The van der Waals surface area contributed by atoms with Gasteiger partial charge in [-0.3, -0.25) is 9.69 Å². The monoisotopic (exact) mass is 241 g/mol. The molecule has 0 saturated heterocycles. The zero-order valence-electron chi connectivity index (χ0n) is 11.7. The zero-order valence-corrected chi connectivity index (χ0v) is 11.7. The first-order chi connectivity index (χ1) is 8.06. The van der Waals surface area contributed by atoms with Crippen molar-refractivity contribution in [1.29, 1.82) is 0 Å². The van der Waals surface area contributed by atoms with Crippen LogP contribution in [-0.2, 0) is 9.53 Å². The molecule has 1 aliphatic carbocycles. The van der Waals surface area contributed by atoms with Crippen LogP contribution in [0.5, 0.6) is 0 Å². The molecule has 0 aromatic rings. The van der Waals surface area contributed by atoms with Crippen molar-refractivity contribution in [3.8, 4) is 0 Å².